The lowest BCUT2D eigenvalue weighted by atomic mass is 10.0. The van der Waals surface area contributed by atoms with Crippen LogP contribution in [-0.4, -0.2) is 12.6 Å². The number of rotatable bonds is 1. The number of nitrogens with zero attached hydrogens (tertiary/aromatic N) is 1. The minimum atomic E-state index is -0.977. The van der Waals surface area contributed by atoms with Gasteiger partial charge >= 0.3 is 0 Å². The molecular formula is C9H6F2N2O. The van der Waals surface area contributed by atoms with Crippen molar-refractivity contribution < 1.29 is 13.6 Å². The Morgan fingerprint density at radius 1 is 1.36 bits per heavy atom. The monoisotopic (exact) mass is 196 g/mol. The normalized spacial score (nSPS) is 18.6. The van der Waals surface area contributed by atoms with Gasteiger partial charge in [0, 0.05) is 11.6 Å². The number of carbonyl (C=O) groups is 1. The molecular weight excluding hydrogens is 190 g/mol. The number of benzene rings is 1. The molecule has 0 bridgehead atoms. The predicted octanol–water partition coefficient (Wildman–Crippen LogP) is 1.47. The Kier molecular flexibility index (Phi) is 1.99. The summed E-state index contributed by atoms with van der Waals surface area (Å²) in [5.74, 6) is -1.94. The van der Waals surface area contributed by atoms with Crippen LogP contribution in [0.25, 0.3) is 0 Å². The maximum absolute atomic E-state index is 12.8. The third-order valence-corrected chi connectivity index (χ3v) is 2.00. The number of fused-ring (bicyclic) bond motifs is 1. The highest BCUT2D eigenvalue weighted by Crippen LogP contribution is 2.29. The van der Waals surface area contributed by atoms with Crippen molar-refractivity contribution >= 4 is 18.3 Å². The van der Waals surface area contributed by atoms with E-state index in [2.05, 4.69) is 10.3 Å². The van der Waals surface area contributed by atoms with Crippen LogP contribution in [0.5, 0.6) is 0 Å². The molecule has 14 heavy (non-hydrogen) atoms. The summed E-state index contributed by atoms with van der Waals surface area (Å²) in [5, 5.41) is 2.62. The van der Waals surface area contributed by atoms with Crippen LogP contribution in [0, 0.1) is 11.6 Å². The first-order valence-electron chi connectivity index (χ1n) is 3.95. The van der Waals surface area contributed by atoms with Crippen molar-refractivity contribution in [3.63, 3.8) is 0 Å². The third-order valence-electron chi connectivity index (χ3n) is 2.00. The molecule has 1 atom stereocenters. The van der Waals surface area contributed by atoms with Crippen molar-refractivity contribution in [2.45, 2.75) is 6.04 Å². The van der Waals surface area contributed by atoms with E-state index in [1.165, 1.54) is 6.34 Å². The van der Waals surface area contributed by atoms with Gasteiger partial charge in [-0.05, 0) is 6.07 Å². The summed E-state index contributed by atoms with van der Waals surface area (Å²) in [6.07, 6.45) is 1.90. The van der Waals surface area contributed by atoms with Gasteiger partial charge in [0.05, 0.1) is 12.0 Å². The number of hydrogen-bond donors (Lipinski definition) is 1. The number of aliphatic imine (C=N–C) groups is 1. The van der Waals surface area contributed by atoms with Crippen LogP contribution in [0.3, 0.4) is 0 Å². The number of nitrogens with one attached hydrogen (secondary N) is 1. The average Bonchev–Trinajstić information content (AvgIpc) is 2.19. The zero-order valence-corrected chi connectivity index (χ0v) is 7.00. The molecule has 72 valence electrons. The summed E-state index contributed by atoms with van der Waals surface area (Å²) in [5.41, 5.74) is 0.626. The predicted molar refractivity (Wildman–Crippen MR) is 46.5 cm³/mol. The number of aldehydes is 1. The van der Waals surface area contributed by atoms with E-state index in [1.54, 1.807) is 0 Å². The quantitative estimate of drug-likeness (QED) is 0.691. The van der Waals surface area contributed by atoms with E-state index in [9.17, 15) is 13.6 Å². The molecule has 1 aromatic carbocycles. The zero-order valence-electron chi connectivity index (χ0n) is 7.00. The molecule has 5 heteroatoms. The molecule has 1 unspecified atom stereocenters. The minimum absolute atomic E-state index is 0.278. The van der Waals surface area contributed by atoms with Gasteiger partial charge in [-0.2, -0.15) is 0 Å². The van der Waals surface area contributed by atoms with Crippen LogP contribution in [0.4, 0.5) is 14.5 Å². The fraction of sp³-hybridized carbons (Fsp3) is 0.111. The zero-order chi connectivity index (χ0) is 10.1. The van der Waals surface area contributed by atoms with Crippen LogP contribution in [0.2, 0.25) is 0 Å². The number of halogens is 2. The molecule has 1 aliphatic heterocycles. The van der Waals surface area contributed by atoms with E-state index in [4.69, 9.17) is 0 Å². The summed E-state index contributed by atoms with van der Waals surface area (Å²) >= 11 is 0. The highest BCUT2D eigenvalue weighted by Gasteiger charge is 2.19. The lowest BCUT2D eigenvalue weighted by Crippen LogP contribution is -2.24. The van der Waals surface area contributed by atoms with Crippen LogP contribution >= 0.6 is 0 Å². The van der Waals surface area contributed by atoms with E-state index >= 15 is 0 Å². The van der Waals surface area contributed by atoms with E-state index < -0.39 is 17.7 Å². The molecule has 2 rings (SSSR count). The fourth-order valence-corrected chi connectivity index (χ4v) is 1.30. The molecule has 0 amide bonds. The van der Waals surface area contributed by atoms with Crippen LogP contribution < -0.4 is 5.32 Å². The molecule has 1 aromatic rings. The number of carbonyl (C=O) groups excluding carboxylic acids is 1. The molecule has 0 aliphatic carbocycles. The third kappa shape index (κ3) is 1.26. The lowest BCUT2D eigenvalue weighted by Gasteiger charge is -2.17. The van der Waals surface area contributed by atoms with Crippen molar-refractivity contribution in [3.05, 3.63) is 29.3 Å². The lowest BCUT2D eigenvalue weighted by molar-refractivity contribution is -0.109. The summed E-state index contributed by atoms with van der Waals surface area (Å²) in [6, 6.07) is 1.30. The Balaban J connectivity index is 2.59. The van der Waals surface area contributed by atoms with Gasteiger partial charge in [0.15, 0.2) is 11.6 Å². The molecule has 1 heterocycles. The Bertz CT molecular complexity index is 418. The second-order valence-electron chi connectivity index (χ2n) is 2.86. The molecule has 0 radical (unpaired) electrons. The molecule has 1 aliphatic rings. The van der Waals surface area contributed by atoms with E-state index in [-0.39, 0.29) is 5.69 Å². The summed E-state index contributed by atoms with van der Waals surface area (Å²) in [6.45, 7) is 0. The van der Waals surface area contributed by atoms with Gasteiger partial charge in [0.1, 0.15) is 12.3 Å². The molecule has 1 N–H and O–H groups in total. The van der Waals surface area contributed by atoms with Gasteiger partial charge in [0.2, 0.25) is 0 Å². The molecule has 0 saturated heterocycles. The van der Waals surface area contributed by atoms with Crippen molar-refractivity contribution in [3.8, 4) is 0 Å². The van der Waals surface area contributed by atoms with Crippen molar-refractivity contribution in [2.75, 3.05) is 0 Å². The van der Waals surface area contributed by atoms with E-state index in [0.717, 1.165) is 12.1 Å². The standard InChI is InChI=1S/C9H6F2N2O/c10-6-1-5-8(2-7(6)11)12-4-13-9(5)3-14/h1-4,9H,(H,12,13). The molecule has 0 spiro atoms. The first-order chi connectivity index (χ1) is 6.72. The smallest absolute Gasteiger partial charge is 0.160 e. The van der Waals surface area contributed by atoms with Gasteiger partial charge < -0.3 is 10.1 Å². The Hall–Kier alpha value is -1.78. The van der Waals surface area contributed by atoms with Crippen molar-refractivity contribution in [2.24, 2.45) is 4.99 Å². The summed E-state index contributed by atoms with van der Waals surface area (Å²) in [7, 11) is 0. The Morgan fingerprint density at radius 3 is 2.79 bits per heavy atom. The minimum Gasteiger partial charge on any atom is -0.363 e. The molecule has 3 nitrogen and oxygen atoms in total. The second kappa shape index (κ2) is 3.17. The maximum Gasteiger partial charge on any atom is 0.160 e. The van der Waals surface area contributed by atoms with E-state index in [1.807, 2.05) is 0 Å². The maximum atomic E-state index is 12.8. The van der Waals surface area contributed by atoms with Crippen LogP contribution in [0.15, 0.2) is 17.1 Å². The first kappa shape index (κ1) is 8.80. The highest BCUT2D eigenvalue weighted by molar-refractivity contribution is 5.77. The van der Waals surface area contributed by atoms with Gasteiger partial charge in [-0.3, -0.25) is 0 Å². The Labute approximate surface area is 78.5 Å². The summed E-state index contributed by atoms with van der Waals surface area (Å²) < 4.78 is 25.6. The molecule has 0 aromatic heterocycles. The van der Waals surface area contributed by atoms with E-state index in [0.29, 0.717) is 11.8 Å². The van der Waals surface area contributed by atoms with Gasteiger partial charge in [-0.1, -0.05) is 0 Å². The molecule has 0 saturated carbocycles. The topological polar surface area (TPSA) is 41.5 Å². The van der Waals surface area contributed by atoms with Gasteiger partial charge in [-0.25, -0.2) is 13.8 Å². The number of hydrogen-bond acceptors (Lipinski definition) is 3. The first-order valence-corrected chi connectivity index (χ1v) is 3.95. The highest BCUT2D eigenvalue weighted by atomic mass is 19.2. The summed E-state index contributed by atoms with van der Waals surface area (Å²) in [4.78, 5) is 14.4. The molecule has 0 fully saturated rings. The fourth-order valence-electron chi connectivity index (χ4n) is 1.30. The van der Waals surface area contributed by atoms with Crippen molar-refractivity contribution in [1.29, 1.82) is 0 Å². The van der Waals surface area contributed by atoms with Crippen LogP contribution in [0.1, 0.15) is 11.6 Å². The van der Waals surface area contributed by atoms with Crippen molar-refractivity contribution in [1.82, 2.24) is 5.32 Å². The Morgan fingerprint density at radius 2 is 2.07 bits per heavy atom. The largest absolute Gasteiger partial charge is 0.363 e. The average molecular weight is 196 g/mol. The van der Waals surface area contributed by atoms with Crippen LogP contribution in [-0.2, 0) is 4.79 Å². The SMILES string of the molecule is O=CC1NC=Nc2cc(F)c(F)cc21. The second-order valence-corrected chi connectivity index (χ2v) is 2.86. The van der Waals surface area contributed by atoms with Gasteiger partial charge in [-0.15, -0.1) is 0 Å². The van der Waals surface area contributed by atoms with Gasteiger partial charge in [0.25, 0.3) is 0 Å².